The van der Waals surface area contributed by atoms with Crippen LogP contribution in [-0.4, -0.2) is 37.2 Å². The van der Waals surface area contributed by atoms with E-state index in [1.165, 1.54) is 16.9 Å². The molecule has 0 radical (unpaired) electrons. The summed E-state index contributed by atoms with van der Waals surface area (Å²) in [4.78, 5) is 12.7. The molecule has 4 aromatic rings. The molecule has 2 aromatic heterocycles. The molecule has 2 heterocycles. The third kappa shape index (κ3) is 4.05. The van der Waals surface area contributed by atoms with Crippen LogP contribution in [0.3, 0.4) is 0 Å². The van der Waals surface area contributed by atoms with Gasteiger partial charge in [-0.25, -0.2) is 0 Å². The number of aliphatic hydroxyl groups is 1. The maximum atomic E-state index is 13.4. The van der Waals surface area contributed by atoms with Gasteiger partial charge >= 0.3 is 6.18 Å². The van der Waals surface area contributed by atoms with Crippen molar-refractivity contribution in [1.29, 1.82) is 0 Å². The molecule has 0 bridgehead atoms. The highest BCUT2D eigenvalue weighted by Crippen LogP contribution is 2.40. The lowest BCUT2D eigenvalue weighted by Crippen LogP contribution is -2.40. The van der Waals surface area contributed by atoms with Gasteiger partial charge in [0.25, 0.3) is 5.91 Å². The Kier molecular flexibility index (Phi) is 5.41. The number of nitrogens with zero attached hydrogens (tertiary/aromatic N) is 4. The third-order valence-electron chi connectivity index (χ3n) is 5.55. The molecular formula is C23H20F3N5O2. The Labute approximate surface area is 186 Å². The number of aromatic nitrogens is 4. The molecule has 1 amide bonds. The monoisotopic (exact) mass is 455 g/mol. The predicted octanol–water partition coefficient (Wildman–Crippen LogP) is 4.36. The molecule has 7 nitrogen and oxygen atoms in total. The van der Waals surface area contributed by atoms with Gasteiger partial charge in [-0.1, -0.05) is 18.2 Å². The smallest absolute Gasteiger partial charge is 0.375 e. The number of halogens is 3. The summed E-state index contributed by atoms with van der Waals surface area (Å²) < 4.78 is 41.6. The Hall–Kier alpha value is -3.79. The van der Waals surface area contributed by atoms with Crippen LogP contribution in [0.25, 0.3) is 21.9 Å². The summed E-state index contributed by atoms with van der Waals surface area (Å²) in [6.45, 7) is 2.52. The molecule has 33 heavy (non-hydrogen) atoms. The molecule has 2 N–H and O–H groups in total. The number of hydrogen-bond donors (Lipinski definition) is 2. The second kappa shape index (κ2) is 7.96. The van der Waals surface area contributed by atoms with E-state index in [4.69, 9.17) is 0 Å². The summed E-state index contributed by atoms with van der Waals surface area (Å²) in [5.74, 6) is 0.214. The molecule has 0 saturated heterocycles. The van der Waals surface area contributed by atoms with Gasteiger partial charge in [0.2, 0.25) is 5.60 Å². The molecule has 0 aliphatic carbocycles. The van der Waals surface area contributed by atoms with Crippen LogP contribution in [0.4, 0.5) is 19.0 Å². The molecule has 4 rings (SSSR count). The zero-order valence-corrected chi connectivity index (χ0v) is 18.0. The molecule has 0 spiro atoms. The largest absolute Gasteiger partial charge is 0.422 e. The van der Waals surface area contributed by atoms with E-state index < -0.39 is 17.5 Å². The molecule has 0 aliphatic heterocycles. The van der Waals surface area contributed by atoms with Crippen LogP contribution in [-0.2, 0) is 12.6 Å². The minimum absolute atomic E-state index is 0.138. The molecule has 10 heteroatoms. The maximum Gasteiger partial charge on any atom is 0.422 e. The highest BCUT2D eigenvalue weighted by Gasteiger charge is 2.53. The van der Waals surface area contributed by atoms with E-state index in [1.54, 1.807) is 49.6 Å². The Morgan fingerprint density at radius 2 is 1.88 bits per heavy atom. The van der Waals surface area contributed by atoms with Crippen LogP contribution in [0.15, 0.2) is 54.9 Å². The van der Waals surface area contributed by atoms with Crippen LogP contribution in [0.2, 0.25) is 0 Å². The number of amides is 1. The van der Waals surface area contributed by atoms with E-state index in [1.807, 2.05) is 6.92 Å². The highest BCUT2D eigenvalue weighted by atomic mass is 19.4. The standard InChI is InChI=1S/C23H20F3N5O2/c1-13-4-5-15(21(32)29-19-8-9-28-31(19)3)11-18(13)14-6-7-17-16(10-14)12-27-30-20(17)22(2,33)23(24,25)26/h4-12,33H,1-3H3,(H,29,32)/t22-/m0/s1. The van der Waals surface area contributed by atoms with Gasteiger partial charge in [-0.15, -0.1) is 0 Å². The van der Waals surface area contributed by atoms with E-state index in [-0.39, 0.29) is 11.3 Å². The number of fused-ring (bicyclic) bond motifs is 1. The van der Waals surface area contributed by atoms with Gasteiger partial charge in [0.05, 0.1) is 12.4 Å². The van der Waals surface area contributed by atoms with Crippen LogP contribution in [0.5, 0.6) is 0 Å². The summed E-state index contributed by atoms with van der Waals surface area (Å²) in [7, 11) is 1.71. The quantitative estimate of drug-likeness (QED) is 0.477. The zero-order valence-electron chi connectivity index (χ0n) is 18.0. The normalized spacial score (nSPS) is 13.7. The summed E-state index contributed by atoms with van der Waals surface area (Å²) in [5.41, 5.74) is -1.03. The highest BCUT2D eigenvalue weighted by molar-refractivity contribution is 6.04. The second-order valence-electron chi connectivity index (χ2n) is 7.89. The van der Waals surface area contributed by atoms with Gasteiger partial charge in [0.15, 0.2) is 0 Å². The third-order valence-corrected chi connectivity index (χ3v) is 5.55. The van der Waals surface area contributed by atoms with E-state index in [2.05, 4.69) is 20.6 Å². The first kappa shape index (κ1) is 22.4. The predicted molar refractivity (Wildman–Crippen MR) is 116 cm³/mol. The van der Waals surface area contributed by atoms with Crippen molar-refractivity contribution in [3.63, 3.8) is 0 Å². The van der Waals surface area contributed by atoms with Gasteiger partial charge in [-0.3, -0.25) is 9.48 Å². The molecule has 0 saturated carbocycles. The van der Waals surface area contributed by atoms with Crippen molar-refractivity contribution in [2.45, 2.75) is 25.6 Å². The van der Waals surface area contributed by atoms with Gasteiger partial charge in [-0.2, -0.15) is 28.5 Å². The van der Waals surface area contributed by atoms with Crippen molar-refractivity contribution >= 4 is 22.5 Å². The Morgan fingerprint density at radius 3 is 2.55 bits per heavy atom. The molecule has 1 atom stereocenters. The van der Waals surface area contributed by atoms with Crippen LogP contribution in [0.1, 0.15) is 28.5 Å². The van der Waals surface area contributed by atoms with E-state index in [0.29, 0.717) is 29.3 Å². The van der Waals surface area contributed by atoms with Crippen molar-refractivity contribution in [3.05, 3.63) is 71.7 Å². The number of carbonyl (C=O) groups is 1. The average molecular weight is 455 g/mol. The minimum Gasteiger partial charge on any atom is -0.375 e. The fraction of sp³-hybridized carbons (Fsp3) is 0.217. The molecule has 0 unspecified atom stereocenters. The lowest BCUT2D eigenvalue weighted by atomic mass is 9.93. The van der Waals surface area contributed by atoms with E-state index in [0.717, 1.165) is 11.1 Å². The summed E-state index contributed by atoms with van der Waals surface area (Å²) >= 11 is 0. The summed E-state index contributed by atoms with van der Waals surface area (Å²) in [6.07, 6.45) is -2.01. The first-order valence-corrected chi connectivity index (χ1v) is 9.94. The number of hydrogen-bond acceptors (Lipinski definition) is 5. The number of anilines is 1. The zero-order chi connectivity index (χ0) is 24.0. The number of carbonyl (C=O) groups excluding carboxylic acids is 1. The van der Waals surface area contributed by atoms with E-state index >= 15 is 0 Å². The average Bonchev–Trinajstić information content (AvgIpc) is 3.16. The number of benzene rings is 2. The van der Waals surface area contributed by atoms with Crippen molar-refractivity contribution in [3.8, 4) is 11.1 Å². The van der Waals surface area contributed by atoms with Crippen LogP contribution < -0.4 is 5.32 Å². The second-order valence-corrected chi connectivity index (χ2v) is 7.89. The number of alkyl halides is 3. The van der Waals surface area contributed by atoms with Crippen molar-refractivity contribution in [2.24, 2.45) is 7.05 Å². The molecular weight excluding hydrogens is 435 g/mol. The van der Waals surface area contributed by atoms with Gasteiger partial charge in [0.1, 0.15) is 11.5 Å². The summed E-state index contributed by atoms with van der Waals surface area (Å²) in [6, 6.07) is 11.6. The van der Waals surface area contributed by atoms with Crippen molar-refractivity contribution in [2.75, 3.05) is 5.32 Å². The van der Waals surface area contributed by atoms with Gasteiger partial charge < -0.3 is 10.4 Å². The van der Waals surface area contributed by atoms with Crippen molar-refractivity contribution in [1.82, 2.24) is 20.0 Å². The minimum atomic E-state index is -4.92. The molecule has 2 aromatic carbocycles. The SMILES string of the molecule is Cc1ccc(C(=O)Nc2ccnn2C)cc1-c1ccc2c([C@](C)(O)C(F)(F)F)nncc2c1. The topological polar surface area (TPSA) is 92.9 Å². The first-order valence-electron chi connectivity index (χ1n) is 9.94. The van der Waals surface area contributed by atoms with Gasteiger partial charge in [-0.05, 0) is 48.7 Å². The number of nitrogens with one attached hydrogen (secondary N) is 1. The van der Waals surface area contributed by atoms with E-state index in [9.17, 15) is 23.1 Å². The van der Waals surface area contributed by atoms with Crippen LogP contribution in [0, 0.1) is 6.92 Å². The molecule has 0 fully saturated rings. The van der Waals surface area contributed by atoms with Crippen LogP contribution >= 0.6 is 0 Å². The molecule has 170 valence electrons. The lowest BCUT2D eigenvalue weighted by molar-refractivity contribution is -0.260. The molecule has 0 aliphatic rings. The maximum absolute atomic E-state index is 13.4. The number of rotatable bonds is 4. The first-order chi connectivity index (χ1) is 15.5. The summed E-state index contributed by atoms with van der Waals surface area (Å²) in [5, 5.41) is 24.6. The van der Waals surface area contributed by atoms with Gasteiger partial charge in [0, 0.05) is 29.4 Å². The Morgan fingerprint density at radius 1 is 1.12 bits per heavy atom. The number of aryl methyl sites for hydroxylation is 2. The fourth-order valence-electron chi connectivity index (χ4n) is 3.51. The lowest BCUT2D eigenvalue weighted by Gasteiger charge is -2.26. The fourth-order valence-corrected chi connectivity index (χ4v) is 3.51. The Balaban J connectivity index is 1.74. The Bertz CT molecular complexity index is 1360. The van der Waals surface area contributed by atoms with Crippen molar-refractivity contribution < 1.29 is 23.1 Å².